The summed E-state index contributed by atoms with van der Waals surface area (Å²) in [5.41, 5.74) is 3.27. The monoisotopic (exact) mass is 353 g/mol. The summed E-state index contributed by atoms with van der Waals surface area (Å²) in [5, 5.41) is 3.25. The molecule has 0 fully saturated rings. The van der Waals surface area contributed by atoms with E-state index in [2.05, 4.69) is 10.3 Å². The number of ketones is 1. The first-order valence-electron chi connectivity index (χ1n) is 7.95. The van der Waals surface area contributed by atoms with Gasteiger partial charge in [-0.25, -0.2) is 4.98 Å². The highest BCUT2D eigenvalue weighted by Gasteiger charge is 2.19. The van der Waals surface area contributed by atoms with E-state index in [1.54, 1.807) is 24.3 Å². The van der Waals surface area contributed by atoms with Crippen molar-refractivity contribution in [3.8, 4) is 0 Å². The molecule has 1 amide bonds. The summed E-state index contributed by atoms with van der Waals surface area (Å²) >= 11 is 1.45. The third kappa shape index (κ3) is 3.74. The van der Waals surface area contributed by atoms with E-state index in [0.29, 0.717) is 11.3 Å². The Kier molecular flexibility index (Phi) is 4.90. The molecular weight excluding hydrogens is 334 g/mol. The number of para-hydroxylation sites is 2. The van der Waals surface area contributed by atoms with Gasteiger partial charge in [0, 0.05) is 25.2 Å². The van der Waals surface area contributed by atoms with Crippen LogP contribution in [-0.4, -0.2) is 26.5 Å². The van der Waals surface area contributed by atoms with Crippen molar-refractivity contribution >= 4 is 40.2 Å². The number of thioether (sulfide) groups is 1. The number of carbonyl (C=O) groups excluding carboxylic acids is 2. The Labute approximate surface area is 150 Å². The number of imidazole rings is 1. The van der Waals surface area contributed by atoms with Crippen molar-refractivity contribution < 1.29 is 9.59 Å². The fourth-order valence-corrected chi connectivity index (χ4v) is 3.56. The molecule has 1 heterocycles. The van der Waals surface area contributed by atoms with E-state index >= 15 is 0 Å². The van der Waals surface area contributed by atoms with Crippen molar-refractivity contribution in [3.63, 3.8) is 0 Å². The zero-order valence-corrected chi connectivity index (χ0v) is 15.1. The normalized spacial score (nSPS) is 12.1. The third-order valence-electron chi connectivity index (χ3n) is 3.89. The number of amides is 1. The van der Waals surface area contributed by atoms with Gasteiger partial charge in [-0.05, 0) is 43.3 Å². The summed E-state index contributed by atoms with van der Waals surface area (Å²) in [4.78, 5) is 28.3. The van der Waals surface area contributed by atoms with Crippen molar-refractivity contribution in [2.45, 2.75) is 24.3 Å². The lowest BCUT2D eigenvalue weighted by atomic mass is 10.1. The van der Waals surface area contributed by atoms with Gasteiger partial charge in [-0.2, -0.15) is 0 Å². The molecule has 128 valence electrons. The van der Waals surface area contributed by atoms with Crippen LogP contribution in [-0.2, 0) is 11.8 Å². The molecule has 0 saturated heterocycles. The molecule has 0 spiro atoms. The Morgan fingerprint density at radius 1 is 1.12 bits per heavy atom. The second-order valence-electron chi connectivity index (χ2n) is 5.82. The van der Waals surface area contributed by atoms with Crippen LogP contribution in [0.15, 0.2) is 53.7 Å². The van der Waals surface area contributed by atoms with Gasteiger partial charge in [-0.3, -0.25) is 9.59 Å². The molecule has 6 heteroatoms. The SMILES string of the molecule is CC(=O)Nc1ccc(C(=O)[C@H](C)Sc2nc3ccccc3n2C)cc1. The highest BCUT2D eigenvalue weighted by atomic mass is 32.2. The van der Waals surface area contributed by atoms with Crippen LogP contribution in [0.1, 0.15) is 24.2 Å². The van der Waals surface area contributed by atoms with Gasteiger partial charge in [0.25, 0.3) is 0 Å². The number of fused-ring (bicyclic) bond motifs is 1. The van der Waals surface area contributed by atoms with Gasteiger partial charge in [0.1, 0.15) is 0 Å². The number of Topliss-reactive ketones (excluding diaryl/α,β-unsaturated/α-hetero) is 1. The summed E-state index contributed by atoms with van der Waals surface area (Å²) in [5.74, 6) is -0.101. The van der Waals surface area contributed by atoms with E-state index in [1.807, 2.05) is 42.8 Å². The number of benzene rings is 2. The van der Waals surface area contributed by atoms with Crippen LogP contribution in [0.2, 0.25) is 0 Å². The molecule has 1 aromatic heterocycles. The van der Waals surface area contributed by atoms with E-state index in [4.69, 9.17) is 0 Å². The maximum Gasteiger partial charge on any atom is 0.221 e. The first-order chi connectivity index (χ1) is 12.0. The molecule has 0 unspecified atom stereocenters. The van der Waals surface area contributed by atoms with Gasteiger partial charge in [0.05, 0.1) is 16.3 Å². The summed E-state index contributed by atoms with van der Waals surface area (Å²) in [7, 11) is 1.96. The van der Waals surface area contributed by atoms with Crippen LogP contribution in [0.5, 0.6) is 0 Å². The second kappa shape index (κ2) is 7.11. The molecule has 5 nitrogen and oxygen atoms in total. The average molecular weight is 353 g/mol. The Balaban J connectivity index is 1.75. The van der Waals surface area contributed by atoms with Crippen molar-refractivity contribution in [3.05, 3.63) is 54.1 Å². The standard InChI is InChI=1S/C19H19N3O2S/c1-12(18(24)14-8-10-15(11-9-14)20-13(2)23)25-19-21-16-6-4-5-7-17(16)22(19)3/h4-12H,1-3H3,(H,20,23)/t12-/m0/s1. The topological polar surface area (TPSA) is 64.0 Å². The summed E-state index contributed by atoms with van der Waals surface area (Å²) < 4.78 is 2.00. The van der Waals surface area contributed by atoms with E-state index in [0.717, 1.165) is 16.2 Å². The Hall–Kier alpha value is -2.60. The maximum atomic E-state index is 12.7. The average Bonchev–Trinajstić information content (AvgIpc) is 2.90. The quantitative estimate of drug-likeness (QED) is 0.558. The first-order valence-corrected chi connectivity index (χ1v) is 8.83. The number of nitrogens with zero attached hydrogens (tertiary/aromatic N) is 2. The van der Waals surface area contributed by atoms with E-state index in [1.165, 1.54) is 18.7 Å². The predicted molar refractivity (Wildman–Crippen MR) is 101 cm³/mol. The molecule has 2 aromatic carbocycles. The van der Waals surface area contributed by atoms with Crippen LogP contribution in [0, 0.1) is 0 Å². The van der Waals surface area contributed by atoms with Crippen LogP contribution in [0.3, 0.4) is 0 Å². The zero-order valence-electron chi connectivity index (χ0n) is 14.3. The van der Waals surface area contributed by atoms with Gasteiger partial charge in [-0.15, -0.1) is 0 Å². The largest absolute Gasteiger partial charge is 0.326 e. The fourth-order valence-electron chi connectivity index (χ4n) is 2.60. The first kappa shape index (κ1) is 17.2. The minimum absolute atomic E-state index is 0.0337. The number of carbonyl (C=O) groups is 2. The molecule has 25 heavy (non-hydrogen) atoms. The summed E-state index contributed by atoms with van der Waals surface area (Å²) in [6.45, 7) is 3.34. The molecule has 3 rings (SSSR count). The van der Waals surface area contributed by atoms with Gasteiger partial charge in [0.2, 0.25) is 5.91 Å². The Bertz CT molecular complexity index is 931. The number of aromatic nitrogens is 2. The lowest BCUT2D eigenvalue weighted by molar-refractivity contribution is -0.114. The molecular formula is C19H19N3O2S. The molecule has 1 atom stereocenters. The molecule has 0 radical (unpaired) electrons. The zero-order chi connectivity index (χ0) is 18.0. The predicted octanol–water partition coefficient (Wildman–Crippen LogP) is 3.90. The molecule has 0 aliphatic carbocycles. The van der Waals surface area contributed by atoms with E-state index in [9.17, 15) is 9.59 Å². The lowest BCUT2D eigenvalue weighted by Crippen LogP contribution is -2.14. The van der Waals surface area contributed by atoms with Gasteiger partial charge >= 0.3 is 0 Å². The van der Waals surface area contributed by atoms with Crippen LogP contribution in [0.25, 0.3) is 11.0 Å². The van der Waals surface area contributed by atoms with Crippen LogP contribution >= 0.6 is 11.8 Å². The smallest absolute Gasteiger partial charge is 0.221 e. The minimum atomic E-state index is -0.262. The molecule has 3 aromatic rings. The maximum absolute atomic E-state index is 12.7. The minimum Gasteiger partial charge on any atom is -0.326 e. The Morgan fingerprint density at radius 2 is 1.80 bits per heavy atom. The summed E-state index contributed by atoms with van der Waals surface area (Å²) in [6.07, 6.45) is 0. The Morgan fingerprint density at radius 3 is 2.44 bits per heavy atom. The number of hydrogen-bond acceptors (Lipinski definition) is 4. The molecule has 0 bridgehead atoms. The highest BCUT2D eigenvalue weighted by molar-refractivity contribution is 8.00. The third-order valence-corrected chi connectivity index (χ3v) is 5.03. The second-order valence-corrected chi connectivity index (χ2v) is 7.13. The molecule has 0 aliphatic rings. The number of aryl methyl sites for hydroxylation is 1. The molecule has 0 saturated carbocycles. The van der Waals surface area contributed by atoms with E-state index < -0.39 is 0 Å². The number of rotatable bonds is 5. The van der Waals surface area contributed by atoms with Gasteiger partial charge in [-0.1, -0.05) is 23.9 Å². The van der Waals surface area contributed by atoms with Gasteiger partial charge in [0.15, 0.2) is 10.9 Å². The molecule has 0 aliphatic heterocycles. The van der Waals surface area contributed by atoms with Crippen LogP contribution < -0.4 is 5.32 Å². The van der Waals surface area contributed by atoms with Crippen molar-refractivity contribution in [2.75, 3.05) is 5.32 Å². The molecule has 1 N–H and O–H groups in total. The van der Waals surface area contributed by atoms with Crippen molar-refractivity contribution in [1.82, 2.24) is 9.55 Å². The number of hydrogen-bond donors (Lipinski definition) is 1. The fraction of sp³-hybridized carbons (Fsp3) is 0.211. The van der Waals surface area contributed by atoms with Gasteiger partial charge < -0.3 is 9.88 Å². The number of nitrogens with one attached hydrogen (secondary N) is 1. The van der Waals surface area contributed by atoms with E-state index in [-0.39, 0.29) is 16.9 Å². The van der Waals surface area contributed by atoms with Crippen LogP contribution in [0.4, 0.5) is 5.69 Å². The van der Waals surface area contributed by atoms with Crippen molar-refractivity contribution in [1.29, 1.82) is 0 Å². The van der Waals surface area contributed by atoms with Crippen molar-refractivity contribution in [2.24, 2.45) is 7.05 Å². The lowest BCUT2D eigenvalue weighted by Gasteiger charge is -2.11. The number of anilines is 1. The summed E-state index contributed by atoms with van der Waals surface area (Å²) in [6, 6.07) is 14.9. The highest BCUT2D eigenvalue weighted by Crippen LogP contribution is 2.28.